The molecule has 1 aromatic carbocycles. The number of benzene rings is 1. The molecule has 0 saturated heterocycles. The van der Waals surface area contributed by atoms with Crippen LogP contribution in [0.15, 0.2) is 24.3 Å². The summed E-state index contributed by atoms with van der Waals surface area (Å²) < 4.78 is 5.20. The number of aryl methyl sites for hydroxylation is 1. The van der Waals surface area contributed by atoms with Gasteiger partial charge >= 0.3 is 5.97 Å². The van der Waals surface area contributed by atoms with Gasteiger partial charge in [0.15, 0.2) is 0 Å². The SMILES string of the molecule is CCC(=O)OC(C)c1cccc(C)c1. The fourth-order valence-corrected chi connectivity index (χ4v) is 1.27. The Morgan fingerprint density at radius 1 is 1.50 bits per heavy atom. The Morgan fingerprint density at radius 3 is 2.79 bits per heavy atom. The average Bonchev–Trinajstić information content (AvgIpc) is 2.17. The highest BCUT2D eigenvalue weighted by Crippen LogP contribution is 2.18. The summed E-state index contributed by atoms with van der Waals surface area (Å²) in [6, 6.07) is 8.01. The van der Waals surface area contributed by atoms with Gasteiger partial charge in [0.1, 0.15) is 6.10 Å². The predicted molar refractivity (Wildman–Crippen MR) is 56.0 cm³/mol. The van der Waals surface area contributed by atoms with Crippen molar-refractivity contribution >= 4 is 5.97 Å². The molecule has 2 nitrogen and oxygen atoms in total. The predicted octanol–water partition coefficient (Wildman–Crippen LogP) is 3.01. The van der Waals surface area contributed by atoms with Gasteiger partial charge in [0.25, 0.3) is 0 Å². The van der Waals surface area contributed by atoms with Crippen molar-refractivity contribution < 1.29 is 9.53 Å². The molecule has 0 fully saturated rings. The highest BCUT2D eigenvalue weighted by molar-refractivity contribution is 5.69. The summed E-state index contributed by atoms with van der Waals surface area (Å²) in [7, 11) is 0. The normalized spacial score (nSPS) is 12.2. The van der Waals surface area contributed by atoms with E-state index in [0.29, 0.717) is 6.42 Å². The molecule has 0 aliphatic rings. The van der Waals surface area contributed by atoms with Gasteiger partial charge in [-0.25, -0.2) is 0 Å². The van der Waals surface area contributed by atoms with E-state index in [1.54, 1.807) is 6.92 Å². The topological polar surface area (TPSA) is 26.3 Å². The first-order chi connectivity index (χ1) is 6.63. The maximum Gasteiger partial charge on any atom is 0.306 e. The summed E-state index contributed by atoms with van der Waals surface area (Å²) in [5, 5.41) is 0. The number of esters is 1. The van der Waals surface area contributed by atoms with Crippen molar-refractivity contribution in [1.82, 2.24) is 0 Å². The highest BCUT2D eigenvalue weighted by atomic mass is 16.5. The van der Waals surface area contributed by atoms with E-state index < -0.39 is 0 Å². The van der Waals surface area contributed by atoms with Crippen LogP contribution in [0.5, 0.6) is 0 Å². The molecule has 1 atom stereocenters. The first-order valence-corrected chi connectivity index (χ1v) is 4.89. The Labute approximate surface area is 84.9 Å². The van der Waals surface area contributed by atoms with Crippen LogP contribution in [0.4, 0.5) is 0 Å². The average molecular weight is 192 g/mol. The zero-order valence-corrected chi connectivity index (χ0v) is 8.91. The fraction of sp³-hybridized carbons (Fsp3) is 0.417. The van der Waals surface area contributed by atoms with Gasteiger partial charge in [-0.1, -0.05) is 36.8 Å². The Kier molecular flexibility index (Phi) is 3.69. The van der Waals surface area contributed by atoms with Crippen LogP contribution in [0.3, 0.4) is 0 Å². The van der Waals surface area contributed by atoms with E-state index in [2.05, 4.69) is 0 Å². The van der Waals surface area contributed by atoms with Crippen molar-refractivity contribution in [1.29, 1.82) is 0 Å². The van der Waals surface area contributed by atoms with Crippen molar-refractivity contribution in [2.75, 3.05) is 0 Å². The Hall–Kier alpha value is -1.31. The molecule has 0 aliphatic heterocycles. The molecule has 0 N–H and O–H groups in total. The van der Waals surface area contributed by atoms with Gasteiger partial charge < -0.3 is 4.74 Å². The second-order valence-corrected chi connectivity index (χ2v) is 3.40. The summed E-state index contributed by atoms with van der Waals surface area (Å²) in [4.78, 5) is 11.1. The molecule has 0 radical (unpaired) electrons. The van der Waals surface area contributed by atoms with Gasteiger partial charge in [0, 0.05) is 6.42 Å². The molecule has 2 heteroatoms. The van der Waals surface area contributed by atoms with Crippen molar-refractivity contribution in [3.05, 3.63) is 35.4 Å². The zero-order valence-electron chi connectivity index (χ0n) is 8.91. The summed E-state index contributed by atoms with van der Waals surface area (Å²) >= 11 is 0. The Balaban J connectivity index is 2.69. The van der Waals surface area contributed by atoms with Crippen LogP contribution in [-0.2, 0) is 9.53 Å². The van der Waals surface area contributed by atoms with Crippen LogP contribution in [-0.4, -0.2) is 5.97 Å². The Bertz CT molecular complexity index is 318. The molecule has 0 aromatic heterocycles. The second-order valence-electron chi connectivity index (χ2n) is 3.40. The third-order valence-corrected chi connectivity index (χ3v) is 2.11. The number of hydrogen-bond acceptors (Lipinski definition) is 2. The van der Waals surface area contributed by atoms with Crippen LogP contribution in [0.1, 0.15) is 37.5 Å². The molecule has 0 aliphatic carbocycles. The van der Waals surface area contributed by atoms with Gasteiger partial charge in [-0.05, 0) is 19.4 Å². The molecule has 0 bridgehead atoms. The maximum atomic E-state index is 11.1. The van der Waals surface area contributed by atoms with Crippen molar-refractivity contribution in [3.63, 3.8) is 0 Å². The lowest BCUT2D eigenvalue weighted by Gasteiger charge is -2.13. The van der Waals surface area contributed by atoms with Gasteiger partial charge in [-0.15, -0.1) is 0 Å². The molecule has 0 amide bonds. The quantitative estimate of drug-likeness (QED) is 0.688. The number of ether oxygens (including phenoxy) is 1. The largest absolute Gasteiger partial charge is 0.458 e. The minimum atomic E-state index is -0.154. The summed E-state index contributed by atoms with van der Waals surface area (Å²) in [6.45, 7) is 5.71. The molecular weight excluding hydrogens is 176 g/mol. The van der Waals surface area contributed by atoms with E-state index in [4.69, 9.17) is 4.74 Å². The van der Waals surface area contributed by atoms with E-state index in [1.165, 1.54) is 5.56 Å². The minimum Gasteiger partial charge on any atom is -0.458 e. The van der Waals surface area contributed by atoms with E-state index in [1.807, 2.05) is 38.1 Å². The third kappa shape index (κ3) is 2.87. The minimum absolute atomic E-state index is 0.151. The third-order valence-electron chi connectivity index (χ3n) is 2.11. The van der Waals surface area contributed by atoms with Crippen LogP contribution in [0.2, 0.25) is 0 Å². The van der Waals surface area contributed by atoms with Gasteiger partial charge in [-0.2, -0.15) is 0 Å². The molecule has 1 unspecified atom stereocenters. The van der Waals surface area contributed by atoms with E-state index in [-0.39, 0.29) is 12.1 Å². The van der Waals surface area contributed by atoms with Crippen LogP contribution >= 0.6 is 0 Å². The summed E-state index contributed by atoms with van der Waals surface area (Å²) in [6.07, 6.45) is 0.276. The first kappa shape index (κ1) is 10.8. The molecular formula is C12H16O2. The molecule has 76 valence electrons. The number of hydrogen-bond donors (Lipinski definition) is 0. The number of rotatable bonds is 3. The van der Waals surface area contributed by atoms with E-state index in [9.17, 15) is 4.79 Å². The van der Waals surface area contributed by atoms with Crippen LogP contribution < -0.4 is 0 Å². The smallest absolute Gasteiger partial charge is 0.306 e. The van der Waals surface area contributed by atoms with Crippen LogP contribution in [0.25, 0.3) is 0 Å². The molecule has 1 aromatic rings. The van der Waals surface area contributed by atoms with Crippen molar-refractivity contribution in [2.45, 2.75) is 33.3 Å². The highest BCUT2D eigenvalue weighted by Gasteiger charge is 2.09. The fourth-order valence-electron chi connectivity index (χ4n) is 1.27. The molecule has 0 heterocycles. The standard InChI is InChI=1S/C12H16O2/c1-4-12(13)14-10(3)11-7-5-6-9(2)8-11/h5-8,10H,4H2,1-3H3. The molecule has 1 rings (SSSR count). The van der Waals surface area contributed by atoms with Gasteiger partial charge in [-0.3, -0.25) is 4.79 Å². The van der Waals surface area contributed by atoms with E-state index in [0.717, 1.165) is 5.56 Å². The summed E-state index contributed by atoms with van der Waals surface area (Å²) in [5.41, 5.74) is 2.23. The van der Waals surface area contributed by atoms with Crippen LogP contribution in [0, 0.1) is 6.92 Å². The first-order valence-electron chi connectivity index (χ1n) is 4.89. The monoisotopic (exact) mass is 192 g/mol. The van der Waals surface area contributed by atoms with Crippen molar-refractivity contribution in [3.8, 4) is 0 Å². The lowest BCUT2D eigenvalue weighted by molar-refractivity contribution is -0.148. The van der Waals surface area contributed by atoms with E-state index >= 15 is 0 Å². The zero-order chi connectivity index (χ0) is 10.6. The lowest BCUT2D eigenvalue weighted by Crippen LogP contribution is -2.07. The Morgan fingerprint density at radius 2 is 2.21 bits per heavy atom. The van der Waals surface area contributed by atoms with Gasteiger partial charge in [0.2, 0.25) is 0 Å². The maximum absolute atomic E-state index is 11.1. The lowest BCUT2D eigenvalue weighted by atomic mass is 10.1. The summed E-state index contributed by atoms with van der Waals surface area (Å²) in [5.74, 6) is -0.154. The number of carbonyl (C=O) groups excluding carboxylic acids is 1. The molecule has 14 heavy (non-hydrogen) atoms. The number of carbonyl (C=O) groups is 1. The second kappa shape index (κ2) is 4.80. The van der Waals surface area contributed by atoms with Crippen molar-refractivity contribution in [2.24, 2.45) is 0 Å². The molecule has 0 spiro atoms. The molecule has 0 saturated carbocycles. The van der Waals surface area contributed by atoms with Gasteiger partial charge in [0.05, 0.1) is 0 Å².